The zero-order chi connectivity index (χ0) is 24.1. The van der Waals surface area contributed by atoms with E-state index in [1.165, 1.54) is 0 Å². The lowest BCUT2D eigenvalue weighted by Crippen LogP contribution is -2.35. The van der Waals surface area contributed by atoms with Crippen LogP contribution in [0, 0.1) is 5.92 Å². The number of hydrogen-bond acceptors (Lipinski definition) is 4. The summed E-state index contributed by atoms with van der Waals surface area (Å²) in [6, 6.07) is 15.4. The quantitative estimate of drug-likeness (QED) is 0.476. The van der Waals surface area contributed by atoms with Crippen LogP contribution in [-0.2, 0) is 11.3 Å². The average Bonchev–Trinajstić information content (AvgIpc) is 3.73. The second-order valence-electron chi connectivity index (χ2n) is 9.78. The van der Waals surface area contributed by atoms with Crippen molar-refractivity contribution in [1.29, 1.82) is 0 Å². The zero-order valence-corrected chi connectivity index (χ0v) is 20.0. The normalized spacial score (nSPS) is 15.3. The third kappa shape index (κ3) is 6.90. The number of benzene rings is 2. The molecule has 34 heavy (non-hydrogen) atoms. The van der Waals surface area contributed by atoms with Crippen molar-refractivity contribution in [3.05, 3.63) is 65.2 Å². The Hall–Kier alpha value is -3.19. The fraction of sp³-hybridized carbons (Fsp3) is 0.444. The minimum absolute atomic E-state index is 0.0245. The van der Waals surface area contributed by atoms with Crippen molar-refractivity contribution in [2.75, 3.05) is 18.4 Å². The molecule has 2 aliphatic carbocycles. The molecular formula is C27H34N4O3. The molecule has 2 fully saturated rings. The van der Waals surface area contributed by atoms with Crippen molar-refractivity contribution >= 4 is 23.4 Å². The third-order valence-electron chi connectivity index (χ3n) is 6.04. The van der Waals surface area contributed by atoms with E-state index in [0.717, 1.165) is 31.2 Å². The summed E-state index contributed by atoms with van der Waals surface area (Å²) < 4.78 is 0. The first kappa shape index (κ1) is 24.0. The van der Waals surface area contributed by atoms with E-state index in [4.69, 9.17) is 0 Å². The maximum absolute atomic E-state index is 12.9. The first-order valence-corrected chi connectivity index (χ1v) is 12.2. The Morgan fingerprint density at radius 3 is 2.29 bits per heavy atom. The predicted molar refractivity (Wildman–Crippen MR) is 133 cm³/mol. The van der Waals surface area contributed by atoms with Crippen molar-refractivity contribution < 1.29 is 14.4 Å². The Bertz CT molecular complexity index is 1030. The monoisotopic (exact) mass is 462 g/mol. The lowest BCUT2D eigenvalue weighted by atomic mass is 10.1. The fourth-order valence-corrected chi connectivity index (χ4v) is 3.80. The van der Waals surface area contributed by atoms with Crippen molar-refractivity contribution in [2.45, 2.75) is 58.2 Å². The number of anilines is 1. The minimum Gasteiger partial charge on any atom is -0.352 e. The van der Waals surface area contributed by atoms with E-state index < -0.39 is 0 Å². The van der Waals surface area contributed by atoms with Crippen molar-refractivity contribution in [3.8, 4) is 0 Å². The number of carbonyl (C=O) groups excluding carboxylic acids is 3. The van der Waals surface area contributed by atoms with Crippen LogP contribution in [0.5, 0.6) is 0 Å². The largest absolute Gasteiger partial charge is 0.352 e. The van der Waals surface area contributed by atoms with Crippen molar-refractivity contribution in [1.82, 2.24) is 15.5 Å². The smallest absolute Gasteiger partial charge is 0.253 e. The highest BCUT2D eigenvalue weighted by Gasteiger charge is 2.30. The number of nitrogens with one attached hydrogen (secondary N) is 3. The summed E-state index contributed by atoms with van der Waals surface area (Å²) in [6.45, 7) is 5.54. The van der Waals surface area contributed by atoms with Crippen LogP contribution in [0.15, 0.2) is 48.5 Å². The summed E-state index contributed by atoms with van der Waals surface area (Å²) in [5, 5.41) is 8.85. The van der Waals surface area contributed by atoms with Crippen molar-refractivity contribution in [3.63, 3.8) is 0 Å². The molecule has 2 aromatic rings. The fourth-order valence-electron chi connectivity index (χ4n) is 3.80. The molecule has 0 unspecified atom stereocenters. The molecule has 0 saturated heterocycles. The lowest BCUT2D eigenvalue weighted by Gasteiger charge is -2.22. The van der Waals surface area contributed by atoms with E-state index in [9.17, 15) is 14.4 Å². The number of rotatable bonds is 11. The number of nitrogens with zero attached hydrogens (tertiary/aromatic N) is 1. The van der Waals surface area contributed by atoms with Gasteiger partial charge >= 0.3 is 0 Å². The van der Waals surface area contributed by atoms with Crippen molar-refractivity contribution in [2.24, 2.45) is 5.92 Å². The maximum Gasteiger partial charge on any atom is 0.253 e. The average molecular weight is 463 g/mol. The maximum atomic E-state index is 12.9. The molecule has 0 radical (unpaired) electrons. The molecule has 7 heteroatoms. The van der Waals surface area contributed by atoms with E-state index in [0.29, 0.717) is 47.9 Å². The molecule has 2 saturated carbocycles. The number of para-hydroxylation sites is 1. The molecule has 0 aliphatic heterocycles. The summed E-state index contributed by atoms with van der Waals surface area (Å²) in [7, 11) is 0. The van der Waals surface area contributed by atoms with Crippen LogP contribution >= 0.6 is 0 Å². The lowest BCUT2D eigenvalue weighted by molar-refractivity contribution is -0.117. The Balaban J connectivity index is 1.35. The van der Waals surface area contributed by atoms with Crippen LogP contribution in [0.25, 0.3) is 0 Å². The molecule has 0 heterocycles. The summed E-state index contributed by atoms with van der Waals surface area (Å²) >= 11 is 0. The zero-order valence-electron chi connectivity index (χ0n) is 20.0. The summed E-state index contributed by atoms with van der Waals surface area (Å²) in [4.78, 5) is 39.8. The summed E-state index contributed by atoms with van der Waals surface area (Å²) in [5.41, 5.74) is 2.72. The van der Waals surface area contributed by atoms with Crippen LogP contribution in [0.3, 0.4) is 0 Å². The van der Waals surface area contributed by atoms with Gasteiger partial charge in [0.15, 0.2) is 0 Å². The number of hydrogen-bond donors (Lipinski definition) is 3. The van der Waals surface area contributed by atoms with E-state index in [1.807, 2.05) is 44.2 Å². The van der Waals surface area contributed by atoms with E-state index >= 15 is 0 Å². The Labute approximate surface area is 201 Å². The summed E-state index contributed by atoms with van der Waals surface area (Å²) in [6.07, 6.45) is 4.28. The highest BCUT2D eigenvalue weighted by atomic mass is 16.2. The molecule has 180 valence electrons. The second-order valence-corrected chi connectivity index (χ2v) is 9.78. The van der Waals surface area contributed by atoms with Gasteiger partial charge in [-0.3, -0.25) is 19.3 Å². The van der Waals surface area contributed by atoms with Gasteiger partial charge in [0.25, 0.3) is 11.8 Å². The standard InChI is InChI=1S/C27H34N4O3/c1-18(2)15-28-27(34)23-5-3-4-6-24(23)30-25(32)17-31(22-13-14-22)16-19-7-9-20(10-8-19)26(33)29-21-11-12-21/h3-10,18,21-22H,11-17H2,1-2H3,(H,28,34)(H,29,33)(H,30,32). The van der Waals surface area contributed by atoms with Gasteiger partial charge in [-0.1, -0.05) is 38.1 Å². The van der Waals surface area contributed by atoms with Gasteiger partial charge in [-0.2, -0.15) is 0 Å². The number of carbonyl (C=O) groups is 3. The third-order valence-corrected chi connectivity index (χ3v) is 6.04. The van der Waals surface area contributed by atoms with Gasteiger partial charge in [0.2, 0.25) is 5.91 Å². The molecular weight excluding hydrogens is 428 g/mol. The van der Waals surface area contributed by atoms with E-state index in [2.05, 4.69) is 20.9 Å². The molecule has 2 aromatic carbocycles. The molecule has 3 N–H and O–H groups in total. The highest BCUT2D eigenvalue weighted by Crippen LogP contribution is 2.28. The van der Waals surface area contributed by atoms with Crippen LogP contribution in [0.2, 0.25) is 0 Å². The SMILES string of the molecule is CC(C)CNC(=O)c1ccccc1NC(=O)CN(Cc1ccc(C(=O)NC2CC2)cc1)C1CC1. The van der Waals surface area contributed by atoms with Crippen LogP contribution in [0.4, 0.5) is 5.69 Å². The van der Waals surface area contributed by atoms with Crippen LogP contribution in [-0.4, -0.2) is 47.8 Å². The molecule has 0 spiro atoms. The van der Waals surface area contributed by atoms with Crippen LogP contribution in [0.1, 0.15) is 65.8 Å². The van der Waals surface area contributed by atoms with Gasteiger partial charge < -0.3 is 16.0 Å². The first-order chi connectivity index (χ1) is 16.4. The van der Waals surface area contributed by atoms with Gasteiger partial charge in [-0.25, -0.2) is 0 Å². The molecule has 0 atom stereocenters. The van der Waals surface area contributed by atoms with Gasteiger partial charge in [-0.15, -0.1) is 0 Å². The molecule has 7 nitrogen and oxygen atoms in total. The highest BCUT2D eigenvalue weighted by molar-refractivity contribution is 6.04. The molecule has 0 aromatic heterocycles. The van der Waals surface area contributed by atoms with Gasteiger partial charge in [-0.05, 0) is 61.4 Å². The summed E-state index contributed by atoms with van der Waals surface area (Å²) in [5.74, 6) is -0.00562. The molecule has 0 bridgehead atoms. The van der Waals surface area contributed by atoms with Gasteiger partial charge in [0.05, 0.1) is 17.8 Å². The number of amides is 3. The van der Waals surface area contributed by atoms with Crippen LogP contribution < -0.4 is 16.0 Å². The Morgan fingerprint density at radius 1 is 0.941 bits per heavy atom. The molecule has 3 amide bonds. The molecule has 4 rings (SSSR count). The van der Waals surface area contributed by atoms with Gasteiger partial charge in [0, 0.05) is 30.7 Å². The minimum atomic E-state index is -0.186. The Kier molecular flexibility index (Phi) is 7.63. The van der Waals surface area contributed by atoms with E-state index in [1.54, 1.807) is 18.2 Å². The van der Waals surface area contributed by atoms with E-state index in [-0.39, 0.29) is 24.3 Å². The van der Waals surface area contributed by atoms with Gasteiger partial charge in [0.1, 0.15) is 0 Å². The molecule has 2 aliphatic rings. The Morgan fingerprint density at radius 2 is 1.65 bits per heavy atom. The first-order valence-electron chi connectivity index (χ1n) is 12.2. The second kappa shape index (κ2) is 10.8. The predicted octanol–water partition coefficient (Wildman–Crippen LogP) is 3.57. The topological polar surface area (TPSA) is 90.5 Å².